The van der Waals surface area contributed by atoms with Crippen LogP contribution in [-0.4, -0.2) is 22.6 Å². The van der Waals surface area contributed by atoms with Crippen molar-refractivity contribution >= 4 is 27.5 Å². The van der Waals surface area contributed by atoms with Crippen molar-refractivity contribution < 1.29 is 0 Å². The van der Waals surface area contributed by atoms with E-state index in [1.54, 1.807) is 0 Å². The maximum absolute atomic E-state index is 6.08. The second-order valence-corrected chi connectivity index (χ2v) is 5.76. The number of nitrogens with one attached hydrogen (secondary N) is 1. The Morgan fingerprint density at radius 2 is 2.33 bits per heavy atom. The van der Waals surface area contributed by atoms with Gasteiger partial charge in [-0.3, -0.25) is 0 Å². The van der Waals surface area contributed by atoms with Crippen molar-refractivity contribution in [3.63, 3.8) is 0 Å². The van der Waals surface area contributed by atoms with Crippen LogP contribution < -0.4 is 5.32 Å². The highest BCUT2D eigenvalue weighted by molar-refractivity contribution is 9.10. The molecule has 1 N–H and O–H groups in total. The Balaban J connectivity index is 2.06. The van der Waals surface area contributed by atoms with E-state index in [2.05, 4.69) is 30.8 Å². The van der Waals surface area contributed by atoms with Gasteiger partial charge < -0.3 is 9.88 Å². The molecule has 3 nitrogen and oxygen atoms in total. The molecule has 1 aliphatic heterocycles. The van der Waals surface area contributed by atoms with E-state index in [0.717, 1.165) is 34.7 Å². The molecule has 1 atom stereocenters. The molecule has 1 unspecified atom stereocenters. The van der Waals surface area contributed by atoms with E-state index >= 15 is 0 Å². The van der Waals surface area contributed by atoms with E-state index in [0.29, 0.717) is 5.92 Å². The summed E-state index contributed by atoms with van der Waals surface area (Å²) in [4.78, 5) is 4.29. The number of imidazole rings is 1. The van der Waals surface area contributed by atoms with Crippen molar-refractivity contribution in [3.8, 4) is 5.69 Å². The van der Waals surface area contributed by atoms with Gasteiger partial charge in [-0.05, 0) is 47.1 Å². The molecule has 0 radical (unpaired) electrons. The first kappa shape index (κ1) is 12.2. The number of nitrogens with zero attached hydrogens (tertiary/aromatic N) is 2. The van der Waals surface area contributed by atoms with Crippen LogP contribution >= 0.6 is 27.5 Å². The first-order valence-corrected chi connectivity index (χ1v) is 7.11. The van der Waals surface area contributed by atoms with Gasteiger partial charge in [0.2, 0.25) is 0 Å². The first-order chi connectivity index (χ1) is 8.75. The Kier molecular flexibility index (Phi) is 3.41. The highest BCUT2D eigenvalue weighted by Crippen LogP contribution is 2.29. The fourth-order valence-electron chi connectivity index (χ4n) is 2.39. The van der Waals surface area contributed by atoms with Crippen LogP contribution in [0.5, 0.6) is 0 Å². The lowest BCUT2D eigenvalue weighted by molar-refractivity contribution is 0.713. The molecule has 1 aliphatic rings. The lowest BCUT2D eigenvalue weighted by Crippen LogP contribution is -2.11. The molecule has 0 amide bonds. The summed E-state index contributed by atoms with van der Waals surface area (Å²) in [6.07, 6.45) is 4.96. The SMILES string of the molecule is Clc1ccc(Br)c(-n2cncc2C2CCNC2)c1. The van der Waals surface area contributed by atoms with Crippen LogP contribution in [0, 0.1) is 0 Å². The van der Waals surface area contributed by atoms with Gasteiger partial charge in [0, 0.05) is 33.8 Å². The third-order valence-corrected chi connectivity index (χ3v) is 4.22. The summed E-state index contributed by atoms with van der Waals surface area (Å²) < 4.78 is 3.14. The van der Waals surface area contributed by atoms with Gasteiger partial charge in [0.05, 0.1) is 12.0 Å². The van der Waals surface area contributed by atoms with Gasteiger partial charge in [0.25, 0.3) is 0 Å². The molecule has 94 valence electrons. The lowest BCUT2D eigenvalue weighted by atomic mass is 10.1. The van der Waals surface area contributed by atoms with Crippen molar-refractivity contribution in [1.82, 2.24) is 14.9 Å². The van der Waals surface area contributed by atoms with Crippen molar-refractivity contribution in [3.05, 3.63) is 45.9 Å². The molecule has 0 spiro atoms. The molecule has 5 heteroatoms. The number of hydrogen-bond donors (Lipinski definition) is 1. The molecule has 0 aliphatic carbocycles. The van der Waals surface area contributed by atoms with Crippen LogP contribution in [0.25, 0.3) is 5.69 Å². The standard InChI is InChI=1S/C13H13BrClN3/c14-11-2-1-10(15)5-12(11)18-8-17-7-13(18)9-3-4-16-6-9/h1-2,5,7-9,16H,3-4,6H2. The van der Waals surface area contributed by atoms with E-state index < -0.39 is 0 Å². The number of benzene rings is 1. The van der Waals surface area contributed by atoms with E-state index in [9.17, 15) is 0 Å². The van der Waals surface area contributed by atoms with Gasteiger partial charge in [0.1, 0.15) is 0 Å². The molecule has 1 aromatic heterocycles. The second kappa shape index (κ2) is 5.03. The number of aromatic nitrogens is 2. The largest absolute Gasteiger partial charge is 0.316 e. The molecule has 0 saturated carbocycles. The highest BCUT2D eigenvalue weighted by Gasteiger charge is 2.21. The third-order valence-electron chi connectivity index (χ3n) is 3.31. The summed E-state index contributed by atoms with van der Waals surface area (Å²) in [5, 5.41) is 4.12. The quantitative estimate of drug-likeness (QED) is 0.917. The Bertz CT molecular complexity index is 561. The third kappa shape index (κ3) is 2.20. The molecule has 18 heavy (non-hydrogen) atoms. The van der Waals surface area contributed by atoms with Crippen LogP contribution in [0.15, 0.2) is 35.2 Å². The molecule has 0 bridgehead atoms. The Morgan fingerprint density at radius 3 is 3.11 bits per heavy atom. The molecule has 1 aromatic carbocycles. The monoisotopic (exact) mass is 325 g/mol. The van der Waals surface area contributed by atoms with Crippen LogP contribution in [0.2, 0.25) is 5.02 Å². The van der Waals surface area contributed by atoms with Gasteiger partial charge in [-0.15, -0.1) is 0 Å². The Hall–Kier alpha value is -0.840. The second-order valence-electron chi connectivity index (χ2n) is 4.47. The summed E-state index contributed by atoms with van der Waals surface area (Å²) in [6, 6.07) is 5.80. The topological polar surface area (TPSA) is 29.9 Å². The van der Waals surface area contributed by atoms with Gasteiger partial charge in [-0.2, -0.15) is 0 Å². The van der Waals surface area contributed by atoms with Gasteiger partial charge in [-0.1, -0.05) is 11.6 Å². The summed E-state index contributed by atoms with van der Waals surface area (Å²) in [5.41, 5.74) is 2.28. The van der Waals surface area contributed by atoms with E-state index in [1.165, 1.54) is 5.69 Å². The van der Waals surface area contributed by atoms with Crippen LogP contribution in [0.3, 0.4) is 0 Å². The number of halogens is 2. The van der Waals surface area contributed by atoms with Crippen molar-refractivity contribution in [2.24, 2.45) is 0 Å². The fourth-order valence-corrected chi connectivity index (χ4v) is 2.99. The zero-order valence-corrected chi connectivity index (χ0v) is 12.1. The zero-order valence-electron chi connectivity index (χ0n) is 9.74. The van der Waals surface area contributed by atoms with Crippen molar-refractivity contribution in [2.75, 3.05) is 13.1 Å². The van der Waals surface area contributed by atoms with E-state index in [-0.39, 0.29) is 0 Å². The van der Waals surface area contributed by atoms with Gasteiger partial charge in [-0.25, -0.2) is 4.98 Å². The van der Waals surface area contributed by atoms with Crippen LogP contribution in [0.1, 0.15) is 18.0 Å². The minimum absolute atomic E-state index is 0.526. The predicted octanol–water partition coefficient (Wildman–Crippen LogP) is 3.37. The Morgan fingerprint density at radius 1 is 1.44 bits per heavy atom. The lowest BCUT2D eigenvalue weighted by Gasteiger charge is -2.14. The summed E-state index contributed by atoms with van der Waals surface area (Å²) in [5.74, 6) is 0.526. The smallest absolute Gasteiger partial charge is 0.0994 e. The Labute approximate surface area is 119 Å². The van der Waals surface area contributed by atoms with Crippen LogP contribution in [0.4, 0.5) is 0 Å². The molecule has 3 rings (SSSR count). The fraction of sp³-hybridized carbons (Fsp3) is 0.308. The average molecular weight is 327 g/mol. The zero-order chi connectivity index (χ0) is 12.5. The molecular formula is C13H13BrClN3. The molecular weight excluding hydrogens is 314 g/mol. The highest BCUT2D eigenvalue weighted by atomic mass is 79.9. The minimum Gasteiger partial charge on any atom is -0.316 e. The van der Waals surface area contributed by atoms with Crippen LogP contribution in [-0.2, 0) is 0 Å². The molecule has 1 fully saturated rings. The van der Waals surface area contributed by atoms with E-state index in [4.69, 9.17) is 11.6 Å². The van der Waals surface area contributed by atoms with Gasteiger partial charge >= 0.3 is 0 Å². The minimum atomic E-state index is 0.526. The number of rotatable bonds is 2. The first-order valence-electron chi connectivity index (χ1n) is 5.94. The van der Waals surface area contributed by atoms with Crippen molar-refractivity contribution in [1.29, 1.82) is 0 Å². The van der Waals surface area contributed by atoms with Gasteiger partial charge in [0.15, 0.2) is 0 Å². The predicted molar refractivity (Wildman–Crippen MR) is 76.5 cm³/mol. The average Bonchev–Trinajstić information content (AvgIpc) is 3.00. The molecule has 2 aromatic rings. The summed E-state index contributed by atoms with van der Waals surface area (Å²) in [6.45, 7) is 2.09. The molecule has 1 saturated heterocycles. The maximum Gasteiger partial charge on any atom is 0.0994 e. The van der Waals surface area contributed by atoms with Crippen molar-refractivity contribution in [2.45, 2.75) is 12.3 Å². The molecule has 2 heterocycles. The van der Waals surface area contributed by atoms with E-state index in [1.807, 2.05) is 30.7 Å². The summed E-state index contributed by atoms with van der Waals surface area (Å²) >= 11 is 9.65. The maximum atomic E-state index is 6.08. The summed E-state index contributed by atoms with van der Waals surface area (Å²) in [7, 11) is 0. The normalized spacial score (nSPS) is 19.3. The number of hydrogen-bond acceptors (Lipinski definition) is 2.